The predicted molar refractivity (Wildman–Crippen MR) is 159 cm³/mol. The molecule has 1 spiro atoms. The molecule has 1 unspecified atom stereocenters. The van der Waals surface area contributed by atoms with Crippen molar-refractivity contribution < 1.29 is 24.1 Å². The Morgan fingerprint density at radius 2 is 2.02 bits per heavy atom. The van der Waals surface area contributed by atoms with Crippen molar-refractivity contribution in [2.24, 2.45) is 5.92 Å². The molecule has 1 aliphatic heterocycles. The summed E-state index contributed by atoms with van der Waals surface area (Å²) >= 11 is 1.43. The van der Waals surface area contributed by atoms with Crippen LogP contribution in [0.4, 0.5) is 5.13 Å². The topological polar surface area (TPSA) is 119 Å². The molecule has 3 aromatic rings. The van der Waals surface area contributed by atoms with E-state index in [1.165, 1.54) is 30.6 Å². The summed E-state index contributed by atoms with van der Waals surface area (Å²) in [6.45, 7) is 4.21. The van der Waals surface area contributed by atoms with Gasteiger partial charge in [-0.25, -0.2) is 15.0 Å². The maximum absolute atomic E-state index is 13.2. The van der Waals surface area contributed by atoms with Gasteiger partial charge in [-0.1, -0.05) is 11.3 Å². The van der Waals surface area contributed by atoms with Gasteiger partial charge >= 0.3 is 0 Å². The normalized spacial score (nSPS) is 28.9. The molecule has 4 fully saturated rings. The standard InChI is InChI=1S/C31H39N5O5S/c1-18-15-36(31(17-41-18)9-4-10-31)21-11-19(12-21)29(38)35-30-34-23-8-7-22(27(39-2)28(23)42-30)20-13-32-26(33-14-20)16-40-25-6-3-5-24(25)37/h7-8,13-14,18-19,21,24-25,37H,3-6,9-12,15-17H2,1-2H3,(H,34,35,38)/t18?,19?,21?,24-,25-/m0/s1. The van der Waals surface area contributed by atoms with E-state index in [0.717, 1.165) is 66.6 Å². The number of methoxy groups -OCH3 is 1. The lowest BCUT2D eigenvalue weighted by molar-refractivity contribution is -0.170. The minimum atomic E-state index is -0.404. The first-order valence-electron chi connectivity index (χ1n) is 15.2. The highest BCUT2D eigenvalue weighted by atomic mass is 32.1. The van der Waals surface area contributed by atoms with Gasteiger partial charge in [-0.3, -0.25) is 9.69 Å². The molecule has 224 valence electrons. The summed E-state index contributed by atoms with van der Waals surface area (Å²) in [5.74, 6) is 1.31. The largest absolute Gasteiger partial charge is 0.495 e. The number of benzene rings is 1. The number of amides is 1. The van der Waals surface area contributed by atoms with Crippen LogP contribution in [0.3, 0.4) is 0 Å². The fourth-order valence-electron chi connectivity index (χ4n) is 7.02. The van der Waals surface area contributed by atoms with Crippen LogP contribution in [-0.2, 0) is 20.9 Å². The highest BCUT2D eigenvalue weighted by Gasteiger charge is 2.52. The average molecular weight is 594 g/mol. The van der Waals surface area contributed by atoms with Crippen molar-refractivity contribution >= 4 is 32.6 Å². The van der Waals surface area contributed by atoms with Crippen molar-refractivity contribution in [3.63, 3.8) is 0 Å². The molecule has 3 aliphatic carbocycles. The van der Waals surface area contributed by atoms with Crippen molar-refractivity contribution in [3.8, 4) is 16.9 Å². The zero-order chi connectivity index (χ0) is 28.8. The number of aromatic nitrogens is 3. The van der Waals surface area contributed by atoms with Gasteiger partial charge in [0.25, 0.3) is 0 Å². The number of aliphatic hydroxyl groups excluding tert-OH is 1. The maximum Gasteiger partial charge on any atom is 0.229 e. The third-order valence-electron chi connectivity index (χ3n) is 9.72. The summed E-state index contributed by atoms with van der Waals surface area (Å²) in [5, 5.41) is 13.7. The third kappa shape index (κ3) is 5.19. The molecular formula is C31H39N5O5S. The Morgan fingerprint density at radius 3 is 2.71 bits per heavy atom. The fourth-order valence-corrected chi connectivity index (χ4v) is 8.02. The summed E-state index contributed by atoms with van der Waals surface area (Å²) in [4.78, 5) is 29.5. The lowest BCUT2D eigenvalue weighted by atomic mass is 9.70. The Hall–Kier alpha value is -2.70. The monoisotopic (exact) mass is 593 g/mol. The Kier molecular flexibility index (Phi) is 7.64. The van der Waals surface area contributed by atoms with Crippen LogP contribution < -0.4 is 10.1 Å². The van der Waals surface area contributed by atoms with Crippen LogP contribution in [0.25, 0.3) is 21.3 Å². The Labute approximate surface area is 249 Å². The number of carbonyl (C=O) groups excluding carboxylic acids is 1. The van der Waals surface area contributed by atoms with Crippen LogP contribution >= 0.6 is 11.3 Å². The Balaban J connectivity index is 1.00. The van der Waals surface area contributed by atoms with Gasteiger partial charge in [0.05, 0.1) is 42.2 Å². The van der Waals surface area contributed by atoms with Crippen molar-refractivity contribution in [1.29, 1.82) is 0 Å². The number of rotatable bonds is 8. The molecule has 11 heteroatoms. The van der Waals surface area contributed by atoms with Crippen LogP contribution in [-0.4, -0.2) is 81.0 Å². The molecular weight excluding hydrogens is 554 g/mol. The van der Waals surface area contributed by atoms with Gasteiger partial charge in [-0.2, -0.15) is 0 Å². The van der Waals surface area contributed by atoms with Crippen molar-refractivity contribution in [1.82, 2.24) is 19.9 Å². The number of aliphatic hydroxyl groups is 1. The molecule has 0 radical (unpaired) electrons. The van der Waals surface area contributed by atoms with Gasteiger partial charge in [-0.15, -0.1) is 0 Å². The van der Waals surface area contributed by atoms with Crippen LogP contribution in [0, 0.1) is 5.92 Å². The molecule has 42 heavy (non-hydrogen) atoms. The molecule has 3 atom stereocenters. The minimum absolute atomic E-state index is 0.00585. The minimum Gasteiger partial charge on any atom is -0.495 e. The predicted octanol–water partition coefficient (Wildman–Crippen LogP) is 4.55. The summed E-state index contributed by atoms with van der Waals surface area (Å²) in [5.41, 5.74) is 2.66. The van der Waals surface area contributed by atoms with E-state index < -0.39 is 6.10 Å². The highest BCUT2D eigenvalue weighted by molar-refractivity contribution is 7.22. The van der Waals surface area contributed by atoms with E-state index in [9.17, 15) is 9.90 Å². The molecule has 10 nitrogen and oxygen atoms in total. The quantitative estimate of drug-likeness (QED) is 0.388. The van der Waals surface area contributed by atoms with E-state index in [2.05, 4.69) is 27.1 Å². The number of ether oxygens (including phenoxy) is 3. The molecule has 1 saturated heterocycles. The molecule has 1 amide bonds. The number of fused-ring (bicyclic) bond motifs is 1. The summed E-state index contributed by atoms with van der Waals surface area (Å²) < 4.78 is 18.5. The number of anilines is 1. The van der Waals surface area contributed by atoms with Crippen molar-refractivity contribution in [3.05, 3.63) is 30.4 Å². The van der Waals surface area contributed by atoms with Gasteiger partial charge in [0, 0.05) is 47.6 Å². The second-order valence-electron chi connectivity index (χ2n) is 12.4. The first kappa shape index (κ1) is 28.1. The van der Waals surface area contributed by atoms with Gasteiger partial charge in [0.15, 0.2) is 11.0 Å². The van der Waals surface area contributed by atoms with E-state index >= 15 is 0 Å². The lowest BCUT2D eigenvalue weighted by Crippen LogP contribution is -2.67. The smallest absolute Gasteiger partial charge is 0.229 e. The molecule has 1 aromatic carbocycles. The SMILES string of the molecule is COc1c(-c2cnc(CO[C@H]3CCC[C@@H]3O)nc2)ccc2nc(NC(=O)C3CC(N4CC(C)OCC45CCC5)C3)sc12. The Bertz CT molecular complexity index is 1440. The highest BCUT2D eigenvalue weighted by Crippen LogP contribution is 2.47. The zero-order valence-corrected chi connectivity index (χ0v) is 25.1. The molecule has 7 rings (SSSR count). The molecule has 3 saturated carbocycles. The summed E-state index contributed by atoms with van der Waals surface area (Å²) in [6.07, 6.45) is 11.3. The molecule has 0 bridgehead atoms. The van der Waals surface area contributed by atoms with Crippen LogP contribution in [0.5, 0.6) is 5.75 Å². The van der Waals surface area contributed by atoms with Crippen LogP contribution in [0.2, 0.25) is 0 Å². The fraction of sp³-hybridized carbons (Fsp3) is 0.613. The van der Waals surface area contributed by atoms with E-state index in [1.54, 1.807) is 19.5 Å². The lowest BCUT2D eigenvalue weighted by Gasteiger charge is -2.59. The van der Waals surface area contributed by atoms with Gasteiger partial charge in [0.2, 0.25) is 5.91 Å². The van der Waals surface area contributed by atoms with Gasteiger partial charge in [-0.05, 0) is 70.4 Å². The third-order valence-corrected chi connectivity index (χ3v) is 10.7. The second-order valence-corrected chi connectivity index (χ2v) is 13.4. The van der Waals surface area contributed by atoms with Crippen molar-refractivity contribution in [2.75, 3.05) is 25.6 Å². The number of thiazole rings is 1. The summed E-state index contributed by atoms with van der Waals surface area (Å²) in [7, 11) is 1.64. The number of nitrogens with zero attached hydrogens (tertiary/aromatic N) is 4. The number of nitrogens with one attached hydrogen (secondary N) is 1. The average Bonchev–Trinajstić information content (AvgIpc) is 3.55. The molecule has 2 N–H and O–H groups in total. The van der Waals surface area contributed by atoms with Gasteiger partial charge in [0.1, 0.15) is 12.4 Å². The van der Waals surface area contributed by atoms with Crippen molar-refractivity contribution in [2.45, 2.75) is 94.8 Å². The van der Waals surface area contributed by atoms with Gasteiger partial charge < -0.3 is 24.6 Å². The maximum atomic E-state index is 13.2. The van der Waals surface area contributed by atoms with E-state index in [4.69, 9.17) is 19.2 Å². The van der Waals surface area contributed by atoms with Crippen LogP contribution in [0.1, 0.15) is 64.1 Å². The first-order valence-corrected chi connectivity index (χ1v) is 16.0. The zero-order valence-electron chi connectivity index (χ0n) is 24.3. The number of morpholine rings is 1. The Morgan fingerprint density at radius 1 is 1.21 bits per heavy atom. The number of carbonyl (C=O) groups is 1. The molecule has 4 aliphatic rings. The number of hydrogen-bond donors (Lipinski definition) is 2. The number of hydrogen-bond acceptors (Lipinski definition) is 10. The first-order chi connectivity index (χ1) is 20.4. The van der Waals surface area contributed by atoms with E-state index in [0.29, 0.717) is 22.7 Å². The van der Waals surface area contributed by atoms with E-state index in [-0.39, 0.29) is 36.2 Å². The molecule has 2 aromatic heterocycles. The van der Waals surface area contributed by atoms with Crippen LogP contribution in [0.15, 0.2) is 24.5 Å². The second kappa shape index (κ2) is 11.4. The van der Waals surface area contributed by atoms with E-state index in [1.807, 2.05) is 12.1 Å². The summed E-state index contributed by atoms with van der Waals surface area (Å²) in [6, 6.07) is 4.35. The molecule has 3 heterocycles.